The average molecular weight is 297 g/mol. The molecular formula is C22H19N. The first-order chi connectivity index (χ1) is 11.3. The number of fused-ring (bicyclic) bond motifs is 1. The number of aryl methyl sites for hydroxylation is 1. The molecule has 4 aromatic rings. The van der Waals surface area contributed by atoms with Crippen molar-refractivity contribution >= 4 is 10.9 Å². The monoisotopic (exact) mass is 297 g/mol. The van der Waals surface area contributed by atoms with E-state index >= 15 is 0 Å². The molecule has 1 nitrogen and oxygen atoms in total. The van der Waals surface area contributed by atoms with Gasteiger partial charge in [-0.15, -0.1) is 0 Å². The topological polar surface area (TPSA) is 4.93 Å². The maximum absolute atomic E-state index is 2.38. The van der Waals surface area contributed by atoms with Crippen molar-refractivity contribution in [2.24, 2.45) is 0 Å². The van der Waals surface area contributed by atoms with E-state index < -0.39 is 0 Å². The van der Waals surface area contributed by atoms with Crippen LogP contribution < -0.4 is 0 Å². The Morgan fingerprint density at radius 3 is 2.09 bits per heavy atom. The molecule has 0 atom stereocenters. The van der Waals surface area contributed by atoms with Crippen LogP contribution in [0, 0.1) is 13.8 Å². The van der Waals surface area contributed by atoms with Gasteiger partial charge in [-0.1, -0.05) is 66.7 Å². The molecule has 0 N–H and O–H groups in total. The van der Waals surface area contributed by atoms with Crippen LogP contribution in [0.3, 0.4) is 0 Å². The zero-order valence-electron chi connectivity index (χ0n) is 13.5. The van der Waals surface area contributed by atoms with Crippen molar-refractivity contribution in [2.45, 2.75) is 13.8 Å². The molecule has 0 amide bonds. The van der Waals surface area contributed by atoms with Gasteiger partial charge in [0.2, 0.25) is 0 Å². The van der Waals surface area contributed by atoms with Crippen LogP contribution in [0.25, 0.3) is 27.7 Å². The maximum atomic E-state index is 2.38. The van der Waals surface area contributed by atoms with E-state index in [9.17, 15) is 0 Å². The average Bonchev–Trinajstić information content (AvgIpc) is 2.88. The van der Waals surface area contributed by atoms with Gasteiger partial charge < -0.3 is 4.57 Å². The minimum atomic E-state index is 1.25. The SMILES string of the molecule is Cc1ccccc1-n1c(C)c(-c2ccccc2)c2ccccc21. The van der Waals surface area contributed by atoms with E-state index in [1.54, 1.807) is 0 Å². The molecule has 0 saturated heterocycles. The van der Waals surface area contributed by atoms with E-state index in [4.69, 9.17) is 0 Å². The van der Waals surface area contributed by atoms with Crippen LogP contribution in [0.15, 0.2) is 78.9 Å². The molecule has 112 valence electrons. The number of aromatic nitrogens is 1. The first-order valence-electron chi connectivity index (χ1n) is 7.99. The summed E-state index contributed by atoms with van der Waals surface area (Å²) < 4.78 is 2.38. The van der Waals surface area contributed by atoms with Crippen molar-refractivity contribution in [3.63, 3.8) is 0 Å². The number of benzene rings is 3. The predicted octanol–water partition coefficient (Wildman–Crippen LogP) is 5.91. The van der Waals surface area contributed by atoms with Crippen LogP contribution in [0.5, 0.6) is 0 Å². The summed E-state index contributed by atoms with van der Waals surface area (Å²) in [5.41, 5.74) is 7.68. The van der Waals surface area contributed by atoms with Gasteiger partial charge in [0.15, 0.2) is 0 Å². The number of nitrogens with zero attached hydrogens (tertiary/aromatic N) is 1. The Balaban J connectivity index is 2.11. The van der Waals surface area contributed by atoms with E-state index in [0.29, 0.717) is 0 Å². The van der Waals surface area contributed by atoms with Crippen LogP contribution in [-0.2, 0) is 0 Å². The molecule has 0 unspecified atom stereocenters. The Hall–Kier alpha value is -2.80. The van der Waals surface area contributed by atoms with Crippen molar-refractivity contribution < 1.29 is 0 Å². The van der Waals surface area contributed by atoms with Crippen LogP contribution in [-0.4, -0.2) is 4.57 Å². The van der Waals surface area contributed by atoms with E-state index in [0.717, 1.165) is 0 Å². The lowest BCUT2D eigenvalue weighted by Crippen LogP contribution is -1.99. The Morgan fingerprint density at radius 2 is 1.30 bits per heavy atom. The molecular weight excluding hydrogens is 278 g/mol. The number of hydrogen-bond acceptors (Lipinski definition) is 0. The van der Waals surface area contributed by atoms with Crippen molar-refractivity contribution in [2.75, 3.05) is 0 Å². The van der Waals surface area contributed by atoms with Gasteiger partial charge in [0, 0.05) is 22.3 Å². The molecule has 1 heterocycles. The first kappa shape index (κ1) is 13.8. The van der Waals surface area contributed by atoms with E-state index in [1.807, 2.05) is 0 Å². The summed E-state index contributed by atoms with van der Waals surface area (Å²) in [4.78, 5) is 0. The van der Waals surface area contributed by atoms with Gasteiger partial charge in [-0.2, -0.15) is 0 Å². The minimum absolute atomic E-state index is 1.25. The minimum Gasteiger partial charge on any atom is -0.313 e. The third-order valence-corrected chi connectivity index (χ3v) is 4.53. The van der Waals surface area contributed by atoms with Gasteiger partial charge in [-0.05, 0) is 37.1 Å². The lowest BCUT2D eigenvalue weighted by Gasteiger charge is -2.12. The zero-order valence-corrected chi connectivity index (χ0v) is 13.5. The molecule has 1 heteroatoms. The van der Waals surface area contributed by atoms with Crippen molar-refractivity contribution in [1.29, 1.82) is 0 Å². The molecule has 0 aliphatic carbocycles. The van der Waals surface area contributed by atoms with E-state index in [-0.39, 0.29) is 0 Å². The van der Waals surface area contributed by atoms with Crippen molar-refractivity contribution in [1.82, 2.24) is 4.57 Å². The number of para-hydroxylation sites is 2. The largest absolute Gasteiger partial charge is 0.313 e. The quantitative estimate of drug-likeness (QED) is 0.433. The fraction of sp³-hybridized carbons (Fsp3) is 0.0909. The number of hydrogen-bond donors (Lipinski definition) is 0. The summed E-state index contributed by atoms with van der Waals surface area (Å²) in [5, 5.41) is 1.31. The second kappa shape index (κ2) is 5.44. The Morgan fingerprint density at radius 1 is 0.652 bits per heavy atom. The van der Waals surface area contributed by atoms with Gasteiger partial charge in [-0.3, -0.25) is 0 Å². The molecule has 4 rings (SSSR count). The Bertz CT molecular complexity index is 977. The molecule has 0 fully saturated rings. The molecule has 0 saturated carbocycles. The summed E-state index contributed by atoms with van der Waals surface area (Å²) in [6.07, 6.45) is 0. The standard InChI is InChI=1S/C22H19N/c1-16-10-6-8-14-20(16)23-17(2)22(18-11-4-3-5-12-18)19-13-7-9-15-21(19)23/h3-15H,1-2H3. The third kappa shape index (κ3) is 2.17. The van der Waals surface area contributed by atoms with Crippen molar-refractivity contribution in [3.8, 4) is 16.8 Å². The van der Waals surface area contributed by atoms with Crippen LogP contribution in [0.4, 0.5) is 0 Å². The highest BCUT2D eigenvalue weighted by Gasteiger charge is 2.16. The fourth-order valence-corrected chi connectivity index (χ4v) is 3.46. The second-order valence-corrected chi connectivity index (χ2v) is 5.97. The van der Waals surface area contributed by atoms with Crippen LogP contribution in [0.1, 0.15) is 11.3 Å². The highest BCUT2D eigenvalue weighted by Crippen LogP contribution is 2.36. The Labute approximate surface area is 136 Å². The highest BCUT2D eigenvalue weighted by atomic mass is 15.0. The van der Waals surface area contributed by atoms with Gasteiger partial charge >= 0.3 is 0 Å². The number of rotatable bonds is 2. The van der Waals surface area contributed by atoms with Gasteiger partial charge in [0.25, 0.3) is 0 Å². The molecule has 0 radical (unpaired) electrons. The molecule has 0 spiro atoms. The molecule has 23 heavy (non-hydrogen) atoms. The third-order valence-electron chi connectivity index (χ3n) is 4.53. The molecule has 0 aliphatic heterocycles. The summed E-state index contributed by atoms with van der Waals surface area (Å²) >= 11 is 0. The zero-order chi connectivity index (χ0) is 15.8. The summed E-state index contributed by atoms with van der Waals surface area (Å²) in [6.45, 7) is 4.39. The van der Waals surface area contributed by atoms with Crippen molar-refractivity contribution in [3.05, 3.63) is 90.1 Å². The van der Waals surface area contributed by atoms with Gasteiger partial charge in [0.05, 0.1) is 5.52 Å². The van der Waals surface area contributed by atoms with Gasteiger partial charge in [-0.25, -0.2) is 0 Å². The lowest BCUT2D eigenvalue weighted by molar-refractivity contribution is 1.04. The molecule has 3 aromatic carbocycles. The summed E-state index contributed by atoms with van der Waals surface area (Å²) in [5.74, 6) is 0. The molecule has 1 aromatic heterocycles. The van der Waals surface area contributed by atoms with E-state index in [2.05, 4.69) is 97.3 Å². The van der Waals surface area contributed by atoms with Crippen LogP contribution in [0.2, 0.25) is 0 Å². The summed E-state index contributed by atoms with van der Waals surface area (Å²) in [6, 6.07) is 27.9. The highest BCUT2D eigenvalue weighted by molar-refractivity contribution is 5.99. The molecule has 0 bridgehead atoms. The first-order valence-corrected chi connectivity index (χ1v) is 7.99. The normalized spacial score (nSPS) is 11.0. The fourth-order valence-electron chi connectivity index (χ4n) is 3.46. The maximum Gasteiger partial charge on any atom is 0.0537 e. The summed E-state index contributed by atoms with van der Waals surface area (Å²) in [7, 11) is 0. The van der Waals surface area contributed by atoms with E-state index in [1.165, 1.54) is 39.0 Å². The predicted molar refractivity (Wildman–Crippen MR) is 98.2 cm³/mol. The Kier molecular flexibility index (Phi) is 3.27. The van der Waals surface area contributed by atoms with Gasteiger partial charge in [0.1, 0.15) is 0 Å². The smallest absolute Gasteiger partial charge is 0.0537 e. The second-order valence-electron chi connectivity index (χ2n) is 5.97. The lowest BCUT2D eigenvalue weighted by atomic mass is 10.0. The molecule has 0 aliphatic rings. The van der Waals surface area contributed by atoms with Crippen LogP contribution >= 0.6 is 0 Å².